The summed E-state index contributed by atoms with van der Waals surface area (Å²) in [5, 5.41) is 3.14. The third kappa shape index (κ3) is 4.30. The van der Waals surface area contributed by atoms with Gasteiger partial charge in [0.05, 0.1) is 5.54 Å². The molecule has 0 bridgehead atoms. The van der Waals surface area contributed by atoms with Crippen LogP contribution < -0.4 is 11.1 Å². The van der Waals surface area contributed by atoms with Crippen molar-refractivity contribution in [2.45, 2.75) is 77.8 Å². The second kappa shape index (κ2) is 5.38. The van der Waals surface area contributed by atoms with Gasteiger partial charge in [0, 0.05) is 6.04 Å². The molecule has 0 heterocycles. The van der Waals surface area contributed by atoms with Gasteiger partial charge in [-0.05, 0) is 38.0 Å². The molecule has 3 nitrogen and oxygen atoms in total. The highest BCUT2D eigenvalue weighted by molar-refractivity contribution is 5.85. The lowest BCUT2D eigenvalue weighted by molar-refractivity contribution is -0.127. The molecule has 1 aliphatic carbocycles. The summed E-state index contributed by atoms with van der Waals surface area (Å²) in [6.07, 6.45) is 6.31. The average molecular weight is 240 g/mol. The first-order valence-corrected chi connectivity index (χ1v) is 6.87. The molecule has 0 aromatic rings. The fourth-order valence-corrected chi connectivity index (χ4v) is 2.80. The van der Waals surface area contributed by atoms with Crippen LogP contribution in [0.15, 0.2) is 0 Å². The summed E-state index contributed by atoms with van der Waals surface area (Å²) in [4.78, 5) is 12.1. The monoisotopic (exact) mass is 240 g/mol. The van der Waals surface area contributed by atoms with Crippen LogP contribution in [0.3, 0.4) is 0 Å². The molecule has 17 heavy (non-hydrogen) atoms. The van der Waals surface area contributed by atoms with E-state index in [1.165, 1.54) is 12.8 Å². The zero-order chi connectivity index (χ0) is 13.1. The van der Waals surface area contributed by atoms with Crippen LogP contribution in [0.2, 0.25) is 0 Å². The van der Waals surface area contributed by atoms with Crippen molar-refractivity contribution in [3.8, 4) is 0 Å². The molecule has 1 amide bonds. The van der Waals surface area contributed by atoms with Crippen molar-refractivity contribution in [3.63, 3.8) is 0 Å². The highest BCUT2D eigenvalue weighted by Crippen LogP contribution is 2.35. The molecule has 0 radical (unpaired) electrons. The number of rotatable bonds is 4. The summed E-state index contributed by atoms with van der Waals surface area (Å²) >= 11 is 0. The quantitative estimate of drug-likeness (QED) is 0.793. The van der Waals surface area contributed by atoms with Gasteiger partial charge in [-0.15, -0.1) is 0 Å². The van der Waals surface area contributed by atoms with E-state index in [0.29, 0.717) is 11.5 Å². The van der Waals surface area contributed by atoms with Crippen LogP contribution in [0.5, 0.6) is 0 Å². The van der Waals surface area contributed by atoms with Crippen molar-refractivity contribution in [3.05, 3.63) is 0 Å². The minimum Gasteiger partial charge on any atom is -0.352 e. The van der Waals surface area contributed by atoms with E-state index in [1.807, 2.05) is 6.92 Å². The highest BCUT2D eigenvalue weighted by atomic mass is 16.2. The Bertz CT molecular complexity index is 271. The zero-order valence-electron chi connectivity index (χ0n) is 11.8. The van der Waals surface area contributed by atoms with Crippen molar-refractivity contribution in [2.24, 2.45) is 11.1 Å². The Labute approximate surface area is 106 Å². The Morgan fingerprint density at radius 1 is 1.53 bits per heavy atom. The molecule has 3 N–H and O–H groups in total. The zero-order valence-corrected chi connectivity index (χ0v) is 11.8. The van der Waals surface area contributed by atoms with E-state index >= 15 is 0 Å². The van der Waals surface area contributed by atoms with Crippen LogP contribution in [0.25, 0.3) is 0 Å². The lowest BCUT2D eigenvalue weighted by Gasteiger charge is -2.37. The number of carbonyl (C=O) groups is 1. The van der Waals surface area contributed by atoms with Gasteiger partial charge in [-0.3, -0.25) is 4.79 Å². The van der Waals surface area contributed by atoms with E-state index < -0.39 is 5.54 Å². The van der Waals surface area contributed by atoms with Gasteiger partial charge in [-0.1, -0.05) is 33.6 Å². The van der Waals surface area contributed by atoms with Gasteiger partial charge in [0.15, 0.2) is 0 Å². The predicted molar refractivity (Wildman–Crippen MR) is 71.7 cm³/mol. The van der Waals surface area contributed by atoms with Crippen LogP contribution in [0.1, 0.15) is 66.2 Å². The fraction of sp³-hybridized carbons (Fsp3) is 0.929. The minimum absolute atomic E-state index is 0.0158. The Balaban J connectivity index is 2.51. The van der Waals surface area contributed by atoms with Gasteiger partial charge in [-0.2, -0.15) is 0 Å². The number of nitrogens with one attached hydrogen (secondary N) is 1. The maximum atomic E-state index is 12.1. The first-order chi connectivity index (χ1) is 7.77. The maximum absolute atomic E-state index is 12.1. The van der Waals surface area contributed by atoms with Gasteiger partial charge in [0.1, 0.15) is 0 Å². The van der Waals surface area contributed by atoms with Crippen LogP contribution in [0, 0.1) is 5.41 Å². The van der Waals surface area contributed by atoms with Crippen LogP contribution >= 0.6 is 0 Å². The minimum atomic E-state index is -0.712. The topological polar surface area (TPSA) is 55.1 Å². The van der Waals surface area contributed by atoms with Gasteiger partial charge < -0.3 is 11.1 Å². The largest absolute Gasteiger partial charge is 0.352 e. The summed E-state index contributed by atoms with van der Waals surface area (Å²) in [6.45, 7) is 8.44. The van der Waals surface area contributed by atoms with E-state index in [-0.39, 0.29) is 5.91 Å². The molecule has 1 saturated carbocycles. The number of hydrogen-bond donors (Lipinski definition) is 2. The molecule has 0 aliphatic heterocycles. The first-order valence-electron chi connectivity index (χ1n) is 6.87. The van der Waals surface area contributed by atoms with Crippen molar-refractivity contribution < 1.29 is 4.79 Å². The lowest BCUT2D eigenvalue weighted by Crippen LogP contribution is -2.55. The van der Waals surface area contributed by atoms with Crippen LogP contribution in [-0.2, 0) is 4.79 Å². The Kier molecular flexibility index (Phi) is 4.59. The number of nitrogens with two attached hydrogens (primary N) is 1. The number of amides is 1. The van der Waals surface area contributed by atoms with E-state index in [4.69, 9.17) is 5.73 Å². The van der Waals surface area contributed by atoms with Crippen LogP contribution in [0.4, 0.5) is 0 Å². The number of hydrogen-bond acceptors (Lipinski definition) is 2. The van der Waals surface area contributed by atoms with Crippen molar-refractivity contribution in [1.82, 2.24) is 5.32 Å². The average Bonchev–Trinajstić information content (AvgIpc) is 2.15. The second-order valence-corrected chi connectivity index (χ2v) is 6.60. The molecular formula is C14H28N2O. The third-order valence-corrected chi connectivity index (χ3v) is 3.83. The van der Waals surface area contributed by atoms with Gasteiger partial charge in [-0.25, -0.2) is 0 Å². The molecule has 0 aromatic heterocycles. The van der Waals surface area contributed by atoms with Crippen molar-refractivity contribution >= 4 is 5.91 Å². The van der Waals surface area contributed by atoms with Gasteiger partial charge in [0.25, 0.3) is 0 Å². The molecule has 2 unspecified atom stereocenters. The molecule has 2 atom stereocenters. The van der Waals surface area contributed by atoms with Gasteiger partial charge in [0.2, 0.25) is 5.91 Å². The maximum Gasteiger partial charge on any atom is 0.240 e. The SMILES string of the molecule is CCCC(C)(N)C(=O)NC1CCCC(C)(C)C1. The molecule has 1 rings (SSSR count). The summed E-state index contributed by atoms with van der Waals surface area (Å²) in [5.74, 6) is 0.0158. The van der Waals surface area contributed by atoms with E-state index in [1.54, 1.807) is 0 Å². The standard InChI is InChI=1S/C14H28N2O/c1-5-8-14(4,15)12(17)16-11-7-6-9-13(2,3)10-11/h11H,5-10,15H2,1-4H3,(H,16,17). The molecule has 0 saturated heterocycles. The van der Waals surface area contributed by atoms with E-state index in [2.05, 4.69) is 26.1 Å². The predicted octanol–water partition coefficient (Wildman–Crippen LogP) is 2.59. The smallest absolute Gasteiger partial charge is 0.240 e. The molecular weight excluding hydrogens is 212 g/mol. The molecule has 0 spiro atoms. The van der Waals surface area contributed by atoms with Crippen LogP contribution in [-0.4, -0.2) is 17.5 Å². The summed E-state index contributed by atoms with van der Waals surface area (Å²) < 4.78 is 0. The molecule has 100 valence electrons. The Hall–Kier alpha value is -0.570. The molecule has 3 heteroatoms. The summed E-state index contributed by atoms with van der Waals surface area (Å²) in [7, 11) is 0. The third-order valence-electron chi connectivity index (χ3n) is 3.83. The summed E-state index contributed by atoms with van der Waals surface area (Å²) in [5.41, 5.74) is 5.68. The summed E-state index contributed by atoms with van der Waals surface area (Å²) in [6, 6.07) is 0.311. The normalized spacial score (nSPS) is 27.2. The van der Waals surface area contributed by atoms with E-state index in [0.717, 1.165) is 25.7 Å². The fourth-order valence-electron chi connectivity index (χ4n) is 2.80. The second-order valence-electron chi connectivity index (χ2n) is 6.60. The molecule has 1 fully saturated rings. The lowest BCUT2D eigenvalue weighted by atomic mass is 9.75. The molecule has 0 aromatic carbocycles. The van der Waals surface area contributed by atoms with Gasteiger partial charge >= 0.3 is 0 Å². The van der Waals surface area contributed by atoms with E-state index in [9.17, 15) is 4.79 Å². The van der Waals surface area contributed by atoms with Crippen molar-refractivity contribution in [1.29, 1.82) is 0 Å². The number of carbonyl (C=O) groups excluding carboxylic acids is 1. The first kappa shape index (κ1) is 14.5. The Morgan fingerprint density at radius 2 is 2.18 bits per heavy atom. The molecule has 1 aliphatic rings. The Morgan fingerprint density at radius 3 is 2.71 bits per heavy atom. The van der Waals surface area contributed by atoms with Crippen molar-refractivity contribution in [2.75, 3.05) is 0 Å². The highest BCUT2D eigenvalue weighted by Gasteiger charge is 2.33.